The molecule has 0 bridgehead atoms. The zero-order valence-electron chi connectivity index (χ0n) is 22.9. The van der Waals surface area contributed by atoms with Crippen molar-refractivity contribution in [2.75, 3.05) is 24.6 Å². The molecule has 12 heteroatoms. The van der Waals surface area contributed by atoms with E-state index >= 15 is 0 Å². The lowest BCUT2D eigenvalue weighted by Crippen LogP contribution is -2.44. The van der Waals surface area contributed by atoms with Crippen molar-refractivity contribution in [3.63, 3.8) is 0 Å². The molecule has 4 heterocycles. The van der Waals surface area contributed by atoms with Crippen molar-refractivity contribution >= 4 is 34.0 Å². The number of hydrogen-bond acceptors (Lipinski definition) is 9. The SMILES string of the molecule is CC#CCn1c(N2CCCC(N)C2)nc2c1c(=O)n(Cc1nc(C)c3ccccc3n1)c(=O)n2CC(=O)OCC. The lowest BCUT2D eigenvalue weighted by molar-refractivity contribution is -0.143. The average Bonchev–Trinajstić information content (AvgIpc) is 3.32. The van der Waals surface area contributed by atoms with E-state index in [4.69, 9.17) is 15.5 Å². The van der Waals surface area contributed by atoms with Crippen LogP contribution >= 0.6 is 0 Å². The number of para-hydroxylation sites is 1. The number of carbonyl (C=O) groups is 1. The highest BCUT2D eigenvalue weighted by Crippen LogP contribution is 2.23. The minimum atomic E-state index is -0.701. The highest BCUT2D eigenvalue weighted by atomic mass is 16.5. The Balaban J connectivity index is 1.74. The second kappa shape index (κ2) is 11.3. The molecule has 5 rings (SSSR count). The van der Waals surface area contributed by atoms with Gasteiger partial charge in [0.15, 0.2) is 11.2 Å². The van der Waals surface area contributed by atoms with Gasteiger partial charge in [-0.15, -0.1) is 5.92 Å². The number of ether oxygens (including phenoxy) is 1. The van der Waals surface area contributed by atoms with Gasteiger partial charge in [0.2, 0.25) is 5.95 Å². The Kier molecular flexibility index (Phi) is 7.66. The Morgan fingerprint density at radius 3 is 2.70 bits per heavy atom. The first-order valence-electron chi connectivity index (χ1n) is 13.3. The van der Waals surface area contributed by atoms with Crippen LogP contribution in [0.3, 0.4) is 0 Å². The third kappa shape index (κ3) is 5.08. The molecular weight excluding hydrogens is 512 g/mol. The predicted octanol–water partition coefficient (Wildman–Crippen LogP) is 1.17. The summed E-state index contributed by atoms with van der Waals surface area (Å²) < 4.78 is 9.08. The van der Waals surface area contributed by atoms with E-state index in [1.165, 1.54) is 4.57 Å². The molecule has 1 aromatic carbocycles. The molecule has 0 aliphatic carbocycles. The fourth-order valence-corrected chi connectivity index (χ4v) is 5.14. The molecule has 0 saturated carbocycles. The zero-order chi connectivity index (χ0) is 28.4. The second-order valence-corrected chi connectivity index (χ2v) is 9.75. The van der Waals surface area contributed by atoms with Gasteiger partial charge in [-0.3, -0.25) is 23.3 Å². The summed E-state index contributed by atoms with van der Waals surface area (Å²) in [6.07, 6.45) is 1.75. The summed E-state index contributed by atoms with van der Waals surface area (Å²) in [4.78, 5) is 56.3. The number of carbonyl (C=O) groups excluding carboxylic acids is 1. The van der Waals surface area contributed by atoms with Gasteiger partial charge in [-0.05, 0) is 39.7 Å². The number of rotatable bonds is 7. The number of nitrogens with zero attached hydrogens (tertiary/aromatic N) is 7. The molecule has 1 aliphatic rings. The van der Waals surface area contributed by atoms with Crippen LogP contribution in [0.4, 0.5) is 5.95 Å². The number of aromatic nitrogens is 6. The molecule has 40 heavy (non-hydrogen) atoms. The molecule has 4 aromatic rings. The van der Waals surface area contributed by atoms with E-state index in [1.54, 1.807) is 18.4 Å². The van der Waals surface area contributed by atoms with Gasteiger partial charge in [0.25, 0.3) is 5.56 Å². The van der Waals surface area contributed by atoms with Crippen LogP contribution in [-0.2, 0) is 29.2 Å². The number of nitrogens with two attached hydrogens (primary N) is 1. The highest BCUT2D eigenvalue weighted by Gasteiger charge is 2.28. The molecule has 3 aromatic heterocycles. The molecule has 208 valence electrons. The number of anilines is 1. The first-order valence-corrected chi connectivity index (χ1v) is 13.3. The number of piperidine rings is 1. The Morgan fingerprint density at radius 2 is 1.95 bits per heavy atom. The molecule has 0 amide bonds. The fourth-order valence-electron chi connectivity index (χ4n) is 5.14. The number of imidazole rings is 1. The van der Waals surface area contributed by atoms with Gasteiger partial charge < -0.3 is 15.4 Å². The number of aryl methyl sites for hydroxylation is 1. The van der Waals surface area contributed by atoms with E-state index in [9.17, 15) is 14.4 Å². The molecule has 2 N–H and O–H groups in total. The van der Waals surface area contributed by atoms with Crippen LogP contribution in [0.25, 0.3) is 22.1 Å². The van der Waals surface area contributed by atoms with Crippen LogP contribution in [-0.4, -0.2) is 60.4 Å². The van der Waals surface area contributed by atoms with E-state index in [-0.39, 0.29) is 36.9 Å². The van der Waals surface area contributed by atoms with Gasteiger partial charge in [-0.1, -0.05) is 24.1 Å². The molecule has 0 radical (unpaired) electrons. The molecule has 1 unspecified atom stereocenters. The first kappa shape index (κ1) is 27.1. The summed E-state index contributed by atoms with van der Waals surface area (Å²) in [5.74, 6) is 6.06. The minimum absolute atomic E-state index is 0.0500. The van der Waals surface area contributed by atoms with Crippen LogP contribution in [0, 0.1) is 18.8 Å². The molecule has 1 saturated heterocycles. The van der Waals surface area contributed by atoms with E-state index in [1.807, 2.05) is 36.1 Å². The number of hydrogen-bond donors (Lipinski definition) is 1. The van der Waals surface area contributed by atoms with Crippen LogP contribution in [0.15, 0.2) is 33.9 Å². The van der Waals surface area contributed by atoms with Crippen LogP contribution in [0.2, 0.25) is 0 Å². The van der Waals surface area contributed by atoms with Crippen molar-refractivity contribution in [3.8, 4) is 11.8 Å². The molecule has 0 spiro atoms. The average molecular weight is 545 g/mol. The smallest absolute Gasteiger partial charge is 0.333 e. The summed E-state index contributed by atoms with van der Waals surface area (Å²) in [6, 6.07) is 7.49. The van der Waals surface area contributed by atoms with Gasteiger partial charge in [0.1, 0.15) is 12.4 Å². The maximum Gasteiger partial charge on any atom is 0.333 e. The fraction of sp³-hybridized carbons (Fsp3) is 0.429. The lowest BCUT2D eigenvalue weighted by Gasteiger charge is -2.31. The molecular formula is C28H32N8O4. The largest absolute Gasteiger partial charge is 0.465 e. The second-order valence-electron chi connectivity index (χ2n) is 9.75. The maximum absolute atomic E-state index is 14.0. The van der Waals surface area contributed by atoms with Gasteiger partial charge >= 0.3 is 11.7 Å². The van der Waals surface area contributed by atoms with Crippen LogP contribution in [0.1, 0.15) is 38.2 Å². The van der Waals surface area contributed by atoms with E-state index < -0.39 is 23.8 Å². The number of esters is 1. The molecule has 1 fully saturated rings. The van der Waals surface area contributed by atoms with Crippen LogP contribution in [0.5, 0.6) is 0 Å². The topological polar surface area (TPSA) is 143 Å². The summed E-state index contributed by atoms with van der Waals surface area (Å²) >= 11 is 0. The monoisotopic (exact) mass is 544 g/mol. The Morgan fingerprint density at radius 1 is 1.15 bits per heavy atom. The Bertz CT molecular complexity index is 1770. The number of benzene rings is 1. The van der Waals surface area contributed by atoms with Crippen molar-refractivity contribution in [1.82, 2.24) is 28.7 Å². The Labute approximate surface area is 230 Å². The maximum atomic E-state index is 14.0. The third-order valence-corrected chi connectivity index (χ3v) is 6.98. The van der Waals surface area contributed by atoms with E-state index in [0.29, 0.717) is 30.4 Å². The predicted molar refractivity (Wildman–Crippen MR) is 151 cm³/mol. The molecule has 1 aliphatic heterocycles. The summed E-state index contributed by atoms with van der Waals surface area (Å²) in [5, 5.41) is 0.884. The first-order chi connectivity index (χ1) is 19.3. The van der Waals surface area contributed by atoms with Gasteiger partial charge in [-0.25, -0.2) is 14.8 Å². The normalized spacial score (nSPS) is 15.3. The van der Waals surface area contributed by atoms with E-state index in [0.717, 1.165) is 28.5 Å². The summed E-state index contributed by atoms with van der Waals surface area (Å²) in [6.45, 7) is 6.22. The highest BCUT2D eigenvalue weighted by molar-refractivity contribution is 5.80. The van der Waals surface area contributed by atoms with Crippen molar-refractivity contribution in [1.29, 1.82) is 0 Å². The molecule has 12 nitrogen and oxygen atoms in total. The summed E-state index contributed by atoms with van der Waals surface area (Å²) in [7, 11) is 0. The van der Waals surface area contributed by atoms with Gasteiger partial charge in [-0.2, -0.15) is 4.98 Å². The third-order valence-electron chi connectivity index (χ3n) is 6.98. The van der Waals surface area contributed by atoms with Crippen molar-refractivity contribution in [3.05, 3.63) is 56.6 Å². The van der Waals surface area contributed by atoms with Crippen molar-refractivity contribution in [2.45, 2.75) is 59.3 Å². The lowest BCUT2D eigenvalue weighted by atomic mass is 10.1. The Hall–Kier alpha value is -4.50. The number of fused-ring (bicyclic) bond motifs is 2. The van der Waals surface area contributed by atoms with Gasteiger partial charge in [0.05, 0.1) is 25.2 Å². The van der Waals surface area contributed by atoms with Crippen molar-refractivity contribution < 1.29 is 9.53 Å². The van der Waals surface area contributed by atoms with Crippen molar-refractivity contribution in [2.24, 2.45) is 5.73 Å². The molecule has 1 atom stereocenters. The quantitative estimate of drug-likeness (QED) is 0.268. The van der Waals surface area contributed by atoms with E-state index in [2.05, 4.69) is 21.8 Å². The standard InChI is InChI=1S/C28H32N8O4/c1-4-6-14-34-24-25(32-27(34)33-13-9-10-19(29)15-33)35(17-23(37)40-5-2)28(39)36(26(24)38)16-22-30-18(3)20-11-7-8-12-21(20)31-22/h7-8,11-12,19H,5,9-10,13-17,29H2,1-3H3. The van der Waals surface area contributed by atoms with Crippen LogP contribution < -0.4 is 21.9 Å². The minimum Gasteiger partial charge on any atom is -0.465 e. The van der Waals surface area contributed by atoms with Gasteiger partial charge in [0, 0.05) is 30.2 Å². The zero-order valence-corrected chi connectivity index (χ0v) is 22.9. The summed E-state index contributed by atoms with van der Waals surface area (Å²) in [5.41, 5.74) is 6.69.